The summed E-state index contributed by atoms with van der Waals surface area (Å²) in [5, 5.41) is 3.43. The molecule has 0 aromatic rings. The molecule has 0 aliphatic rings. The number of hydrogen-bond donors (Lipinski definition) is 6. The van der Waals surface area contributed by atoms with Gasteiger partial charge in [-0.1, -0.05) is 64.7 Å². The molecule has 0 saturated carbocycles. The van der Waals surface area contributed by atoms with Crippen LogP contribution in [0.5, 0.6) is 0 Å². The molecule has 0 spiro atoms. The van der Waals surface area contributed by atoms with Crippen LogP contribution in [0.4, 0.5) is 0 Å². The molecule has 174 valence electrons. The molecule has 0 radical (unpaired) electrons. The predicted molar refractivity (Wildman–Crippen MR) is 111 cm³/mol. The van der Waals surface area contributed by atoms with Crippen molar-refractivity contribution in [1.29, 1.82) is 0 Å². The van der Waals surface area contributed by atoms with Crippen LogP contribution in [0.25, 0.3) is 0 Å². The van der Waals surface area contributed by atoms with Crippen molar-refractivity contribution in [2.75, 3.05) is 13.1 Å². The minimum Gasteiger partial charge on any atom is -0.324 e. The van der Waals surface area contributed by atoms with Crippen LogP contribution in [-0.2, 0) is 20.8 Å². The van der Waals surface area contributed by atoms with E-state index < -0.39 is 20.8 Å². The van der Waals surface area contributed by atoms with E-state index in [1.165, 1.54) is 64.2 Å². The highest BCUT2D eigenvalue weighted by Crippen LogP contribution is 2.10. The lowest BCUT2D eigenvalue weighted by atomic mass is 10.1. The Morgan fingerprint density at radius 2 is 1.00 bits per heavy atom. The Morgan fingerprint density at radius 1 is 0.714 bits per heavy atom. The lowest BCUT2D eigenvalue weighted by molar-refractivity contribution is 0.378. The van der Waals surface area contributed by atoms with Gasteiger partial charge < -0.3 is 11.1 Å². The summed E-state index contributed by atoms with van der Waals surface area (Å²) in [4.78, 5) is 0. The van der Waals surface area contributed by atoms with Crippen molar-refractivity contribution < 1.29 is 35.0 Å². The molecule has 0 rings (SSSR count). The number of nitrogens with two attached hydrogens (primary N) is 1. The molecule has 0 heterocycles. The number of nitrogens with one attached hydrogen (secondary N) is 1. The molecule has 0 fully saturated rings. The molecule has 0 aromatic heterocycles. The van der Waals surface area contributed by atoms with Gasteiger partial charge in [0.15, 0.2) is 0 Å². The van der Waals surface area contributed by atoms with Crippen LogP contribution in [0.3, 0.4) is 0 Å². The molecule has 12 heteroatoms. The molecule has 0 atom stereocenters. The Kier molecular flexibility index (Phi) is 21.6. The lowest BCUT2D eigenvalue weighted by Gasteiger charge is -2.18. The van der Waals surface area contributed by atoms with Crippen LogP contribution in [-0.4, -0.2) is 53.7 Å². The SMILES string of the molecule is CCCCCCCCCCCCNCC(C)(C)N.O=S(=O)(O)O.O=S(=O)(O)O. The summed E-state index contributed by atoms with van der Waals surface area (Å²) >= 11 is 0. The zero-order chi connectivity index (χ0) is 22.7. The van der Waals surface area contributed by atoms with Crippen LogP contribution < -0.4 is 11.1 Å². The van der Waals surface area contributed by atoms with E-state index in [1.807, 2.05) is 0 Å². The first-order valence-corrected chi connectivity index (χ1v) is 12.2. The number of hydrogen-bond acceptors (Lipinski definition) is 6. The van der Waals surface area contributed by atoms with E-state index in [4.69, 9.17) is 40.8 Å². The van der Waals surface area contributed by atoms with Gasteiger partial charge >= 0.3 is 20.8 Å². The topological polar surface area (TPSA) is 187 Å². The molecule has 0 amide bonds. The number of rotatable bonds is 13. The van der Waals surface area contributed by atoms with Gasteiger partial charge in [0.25, 0.3) is 0 Å². The standard InChI is InChI=1S/C16H36N2.2H2O4S/c1-4-5-6-7-8-9-10-11-12-13-14-18-15-16(2,3)17;2*1-5(2,3)4/h18H,4-15,17H2,1-3H3;2*(H2,1,2,3,4). The maximum absolute atomic E-state index is 8.74. The van der Waals surface area contributed by atoms with E-state index in [-0.39, 0.29) is 5.54 Å². The Hall–Kier alpha value is -0.340. The van der Waals surface area contributed by atoms with E-state index >= 15 is 0 Å². The predicted octanol–water partition coefficient (Wildman–Crippen LogP) is 2.93. The van der Waals surface area contributed by atoms with E-state index in [0.29, 0.717) is 0 Å². The monoisotopic (exact) mass is 452 g/mol. The molecule has 0 saturated heterocycles. The van der Waals surface area contributed by atoms with Crippen molar-refractivity contribution in [2.45, 2.75) is 90.5 Å². The zero-order valence-corrected chi connectivity index (χ0v) is 18.9. The minimum absolute atomic E-state index is 0.0709. The second-order valence-electron chi connectivity index (χ2n) is 7.24. The van der Waals surface area contributed by atoms with Gasteiger partial charge in [0, 0.05) is 12.1 Å². The smallest absolute Gasteiger partial charge is 0.324 e. The largest absolute Gasteiger partial charge is 0.394 e. The van der Waals surface area contributed by atoms with Crippen LogP contribution in [0, 0.1) is 0 Å². The molecular formula is C16H40N2O8S2. The second kappa shape index (κ2) is 18.7. The van der Waals surface area contributed by atoms with Crippen molar-refractivity contribution in [3.05, 3.63) is 0 Å². The van der Waals surface area contributed by atoms with Crippen molar-refractivity contribution in [3.8, 4) is 0 Å². The maximum atomic E-state index is 8.74. The fraction of sp³-hybridized carbons (Fsp3) is 1.00. The normalized spacial score (nSPS) is 11.9. The van der Waals surface area contributed by atoms with Gasteiger partial charge in [-0.05, 0) is 26.8 Å². The van der Waals surface area contributed by atoms with Crippen molar-refractivity contribution in [1.82, 2.24) is 5.32 Å². The first-order chi connectivity index (χ1) is 12.6. The molecule has 0 aromatic carbocycles. The van der Waals surface area contributed by atoms with E-state index in [2.05, 4.69) is 26.1 Å². The summed E-state index contributed by atoms with van der Waals surface area (Å²) in [6.45, 7) is 8.46. The van der Waals surface area contributed by atoms with Crippen molar-refractivity contribution >= 4 is 20.8 Å². The maximum Gasteiger partial charge on any atom is 0.394 e. The third-order valence-electron chi connectivity index (χ3n) is 3.29. The number of unbranched alkanes of at least 4 members (excludes halogenated alkanes) is 9. The van der Waals surface area contributed by atoms with Gasteiger partial charge in [0.05, 0.1) is 0 Å². The Morgan fingerprint density at radius 3 is 1.29 bits per heavy atom. The van der Waals surface area contributed by atoms with Crippen LogP contribution in [0.1, 0.15) is 85.0 Å². The molecule has 0 aliphatic heterocycles. The highest BCUT2D eigenvalue weighted by molar-refractivity contribution is 7.80. The summed E-state index contributed by atoms with van der Waals surface area (Å²) in [5.41, 5.74) is 5.83. The third kappa shape index (κ3) is 72.6. The molecule has 0 bridgehead atoms. The van der Waals surface area contributed by atoms with Gasteiger partial charge in [-0.2, -0.15) is 16.8 Å². The first kappa shape index (κ1) is 32.3. The zero-order valence-electron chi connectivity index (χ0n) is 17.3. The molecule has 7 N–H and O–H groups in total. The fourth-order valence-electron chi connectivity index (χ4n) is 2.15. The first-order valence-electron chi connectivity index (χ1n) is 9.45. The average molecular weight is 453 g/mol. The van der Waals surface area contributed by atoms with Crippen LogP contribution in [0.2, 0.25) is 0 Å². The highest BCUT2D eigenvalue weighted by atomic mass is 32.3. The quantitative estimate of drug-likeness (QED) is 0.179. The fourth-order valence-corrected chi connectivity index (χ4v) is 2.15. The molecular weight excluding hydrogens is 412 g/mol. The molecule has 28 heavy (non-hydrogen) atoms. The second-order valence-corrected chi connectivity index (χ2v) is 9.03. The summed E-state index contributed by atoms with van der Waals surface area (Å²) in [5.74, 6) is 0. The lowest BCUT2D eigenvalue weighted by Crippen LogP contribution is -2.43. The Bertz CT molecular complexity index is 485. The third-order valence-corrected chi connectivity index (χ3v) is 3.29. The minimum atomic E-state index is -4.67. The van der Waals surface area contributed by atoms with Gasteiger partial charge in [0.2, 0.25) is 0 Å². The summed E-state index contributed by atoms with van der Waals surface area (Å²) < 4.78 is 63.2. The molecule has 0 aliphatic carbocycles. The van der Waals surface area contributed by atoms with E-state index in [9.17, 15) is 0 Å². The summed E-state index contributed by atoms with van der Waals surface area (Å²) in [6.07, 6.45) is 14.0. The van der Waals surface area contributed by atoms with E-state index in [1.54, 1.807) is 0 Å². The average Bonchev–Trinajstić information content (AvgIpc) is 2.44. The summed E-state index contributed by atoms with van der Waals surface area (Å²) in [7, 11) is -9.33. The molecule has 10 nitrogen and oxygen atoms in total. The Labute approximate surface area is 170 Å². The van der Waals surface area contributed by atoms with Crippen LogP contribution >= 0.6 is 0 Å². The van der Waals surface area contributed by atoms with Gasteiger partial charge in [-0.3, -0.25) is 18.2 Å². The van der Waals surface area contributed by atoms with Gasteiger partial charge in [0.1, 0.15) is 0 Å². The van der Waals surface area contributed by atoms with E-state index in [0.717, 1.165) is 13.1 Å². The Balaban J connectivity index is -0.000000512. The van der Waals surface area contributed by atoms with Gasteiger partial charge in [-0.25, -0.2) is 0 Å². The highest BCUT2D eigenvalue weighted by Gasteiger charge is 2.08. The molecule has 0 unspecified atom stereocenters. The van der Waals surface area contributed by atoms with Gasteiger partial charge in [-0.15, -0.1) is 0 Å². The summed E-state index contributed by atoms with van der Waals surface area (Å²) in [6, 6.07) is 0. The van der Waals surface area contributed by atoms with Crippen molar-refractivity contribution in [2.24, 2.45) is 5.73 Å². The van der Waals surface area contributed by atoms with Crippen LogP contribution in [0.15, 0.2) is 0 Å². The van der Waals surface area contributed by atoms with Crippen molar-refractivity contribution in [3.63, 3.8) is 0 Å².